The molecule has 3 aromatic rings. The fourth-order valence-corrected chi connectivity index (χ4v) is 3.19. The van der Waals surface area contributed by atoms with Crippen LogP contribution >= 0.6 is 0 Å². The second kappa shape index (κ2) is 8.93. The van der Waals surface area contributed by atoms with E-state index in [1.807, 2.05) is 12.1 Å². The van der Waals surface area contributed by atoms with Gasteiger partial charge in [0, 0.05) is 19.2 Å². The third-order valence-corrected chi connectivity index (χ3v) is 5.05. The second-order valence-corrected chi connectivity index (χ2v) is 7.72. The van der Waals surface area contributed by atoms with Crippen molar-refractivity contribution in [3.63, 3.8) is 0 Å². The van der Waals surface area contributed by atoms with E-state index in [-0.39, 0.29) is 19.0 Å². The molecule has 0 unspecified atom stereocenters. The Morgan fingerprint density at radius 3 is 2.72 bits per heavy atom. The van der Waals surface area contributed by atoms with Crippen LogP contribution in [0.2, 0.25) is 0 Å². The summed E-state index contributed by atoms with van der Waals surface area (Å²) in [6, 6.07) is 5.41. The Kier molecular flexibility index (Phi) is 6.06. The lowest BCUT2D eigenvalue weighted by Crippen LogP contribution is -2.24. The summed E-state index contributed by atoms with van der Waals surface area (Å²) in [5.41, 5.74) is 3.15. The maximum Gasteiger partial charge on any atom is 0.389 e. The molecule has 0 radical (unpaired) electrons. The topological polar surface area (TPSA) is 101 Å². The first-order chi connectivity index (χ1) is 15.3. The zero-order valence-corrected chi connectivity index (χ0v) is 17.0. The van der Waals surface area contributed by atoms with Crippen LogP contribution < -0.4 is 10.6 Å². The van der Waals surface area contributed by atoms with Crippen molar-refractivity contribution in [1.82, 2.24) is 30.2 Å². The molecular weight excluding hydrogens is 425 g/mol. The number of hydrogen-bond acceptors (Lipinski definition) is 5. The number of aromatic nitrogens is 4. The summed E-state index contributed by atoms with van der Waals surface area (Å²) in [6.45, 7) is 0.225. The molecule has 2 N–H and O–H groups in total. The van der Waals surface area contributed by atoms with Crippen LogP contribution in [0, 0.1) is 0 Å². The van der Waals surface area contributed by atoms with Gasteiger partial charge in [-0.1, -0.05) is 0 Å². The number of nitrogens with zero attached hydrogens (tertiary/aromatic N) is 4. The summed E-state index contributed by atoms with van der Waals surface area (Å²) >= 11 is 0. The number of carbonyl (C=O) groups is 2. The van der Waals surface area contributed by atoms with Crippen LogP contribution in [-0.4, -0.2) is 37.6 Å². The highest BCUT2D eigenvalue weighted by atomic mass is 19.4. The third-order valence-electron chi connectivity index (χ3n) is 5.05. The molecule has 0 spiro atoms. The SMILES string of the molecule is O=C(CCC(F)(F)F)NCc1cnn2cc(CNC(=O)c3cc(C4CC4)ccn3)nc2c1. The number of nitrogens with one attached hydrogen (secondary N) is 2. The van der Waals surface area contributed by atoms with Gasteiger partial charge >= 0.3 is 6.18 Å². The van der Waals surface area contributed by atoms with Crippen molar-refractivity contribution in [3.05, 3.63) is 59.3 Å². The van der Waals surface area contributed by atoms with E-state index in [1.54, 1.807) is 18.5 Å². The predicted molar refractivity (Wildman–Crippen MR) is 108 cm³/mol. The van der Waals surface area contributed by atoms with Crippen LogP contribution in [0.15, 0.2) is 36.8 Å². The number of halogens is 3. The van der Waals surface area contributed by atoms with Crippen molar-refractivity contribution in [3.8, 4) is 0 Å². The zero-order valence-electron chi connectivity index (χ0n) is 17.0. The lowest BCUT2D eigenvalue weighted by atomic mass is 10.1. The number of amides is 2. The van der Waals surface area contributed by atoms with Gasteiger partial charge in [0.2, 0.25) is 5.91 Å². The number of hydrogen-bond donors (Lipinski definition) is 2. The Balaban J connectivity index is 1.32. The Morgan fingerprint density at radius 2 is 1.97 bits per heavy atom. The minimum absolute atomic E-state index is 0.0438. The molecular formula is C21H21F3N6O2. The molecule has 0 atom stereocenters. The lowest BCUT2D eigenvalue weighted by Gasteiger charge is -2.07. The largest absolute Gasteiger partial charge is 0.389 e. The fourth-order valence-electron chi connectivity index (χ4n) is 3.19. The van der Waals surface area contributed by atoms with Crippen molar-refractivity contribution in [2.75, 3.05) is 0 Å². The molecule has 1 fully saturated rings. The van der Waals surface area contributed by atoms with Crippen LogP contribution in [-0.2, 0) is 17.9 Å². The van der Waals surface area contributed by atoms with Gasteiger partial charge in [-0.15, -0.1) is 0 Å². The fraction of sp³-hybridized carbons (Fsp3) is 0.381. The molecule has 0 bridgehead atoms. The minimum Gasteiger partial charge on any atom is -0.352 e. The van der Waals surface area contributed by atoms with Crippen molar-refractivity contribution >= 4 is 17.5 Å². The second-order valence-electron chi connectivity index (χ2n) is 7.72. The zero-order chi connectivity index (χ0) is 22.7. The molecule has 1 aliphatic carbocycles. The van der Waals surface area contributed by atoms with Gasteiger partial charge in [-0.3, -0.25) is 14.6 Å². The Morgan fingerprint density at radius 1 is 1.16 bits per heavy atom. The molecule has 11 heteroatoms. The molecule has 0 saturated heterocycles. The molecule has 0 aliphatic heterocycles. The molecule has 8 nitrogen and oxygen atoms in total. The third kappa shape index (κ3) is 5.80. The standard InChI is InChI=1S/C21H21F3N6O2/c22-21(23,24)5-3-19(31)26-9-13-7-18-29-16(12-30(18)28-10-13)11-27-20(32)17-8-15(4-6-25-17)14-1-2-14/h4,6-8,10,12,14H,1-3,5,9,11H2,(H,26,31)(H,27,32). The average Bonchev–Trinajstić information content (AvgIpc) is 3.54. The molecule has 3 heterocycles. The smallest absolute Gasteiger partial charge is 0.352 e. The van der Waals surface area contributed by atoms with Crippen LogP contribution in [0.1, 0.15) is 58.9 Å². The van der Waals surface area contributed by atoms with Crippen LogP contribution in [0.3, 0.4) is 0 Å². The Hall–Kier alpha value is -3.50. The molecule has 1 saturated carbocycles. The van der Waals surface area contributed by atoms with E-state index in [4.69, 9.17) is 0 Å². The summed E-state index contributed by atoms with van der Waals surface area (Å²) in [5.74, 6) is -0.453. The summed E-state index contributed by atoms with van der Waals surface area (Å²) < 4.78 is 38.1. The van der Waals surface area contributed by atoms with Gasteiger partial charge in [0.05, 0.1) is 31.1 Å². The lowest BCUT2D eigenvalue weighted by molar-refractivity contribution is -0.144. The molecule has 168 valence electrons. The summed E-state index contributed by atoms with van der Waals surface area (Å²) in [5, 5.41) is 9.41. The maximum absolute atomic E-state index is 12.4. The first-order valence-corrected chi connectivity index (χ1v) is 10.2. The number of alkyl halides is 3. The molecule has 0 aromatic carbocycles. The monoisotopic (exact) mass is 446 g/mol. The number of imidazole rings is 1. The average molecular weight is 446 g/mol. The van der Waals surface area contributed by atoms with Gasteiger partial charge in [0.15, 0.2) is 5.65 Å². The van der Waals surface area contributed by atoms with E-state index in [0.29, 0.717) is 28.5 Å². The van der Waals surface area contributed by atoms with E-state index < -0.39 is 24.9 Å². The van der Waals surface area contributed by atoms with Crippen molar-refractivity contribution in [2.24, 2.45) is 0 Å². The maximum atomic E-state index is 12.4. The van der Waals surface area contributed by atoms with Gasteiger partial charge < -0.3 is 10.6 Å². The number of carbonyl (C=O) groups excluding carboxylic acids is 2. The van der Waals surface area contributed by atoms with Gasteiger partial charge in [0.1, 0.15) is 5.69 Å². The highest BCUT2D eigenvalue weighted by Crippen LogP contribution is 2.39. The first-order valence-electron chi connectivity index (χ1n) is 10.2. The molecule has 1 aliphatic rings. The number of fused-ring (bicyclic) bond motifs is 1. The summed E-state index contributed by atoms with van der Waals surface area (Å²) in [7, 11) is 0. The van der Waals surface area contributed by atoms with E-state index >= 15 is 0 Å². The van der Waals surface area contributed by atoms with Gasteiger partial charge in [-0.25, -0.2) is 9.50 Å². The van der Waals surface area contributed by atoms with Crippen LogP contribution in [0.5, 0.6) is 0 Å². The van der Waals surface area contributed by atoms with Crippen LogP contribution in [0.25, 0.3) is 5.65 Å². The summed E-state index contributed by atoms with van der Waals surface area (Å²) in [4.78, 5) is 32.5. The van der Waals surface area contributed by atoms with E-state index in [0.717, 1.165) is 18.4 Å². The van der Waals surface area contributed by atoms with Crippen molar-refractivity contribution in [1.29, 1.82) is 0 Å². The van der Waals surface area contributed by atoms with E-state index in [2.05, 4.69) is 25.7 Å². The highest BCUT2D eigenvalue weighted by molar-refractivity contribution is 5.92. The van der Waals surface area contributed by atoms with Gasteiger partial charge in [-0.05, 0) is 48.1 Å². The van der Waals surface area contributed by atoms with Crippen molar-refractivity contribution < 1.29 is 22.8 Å². The van der Waals surface area contributed by atoms with E-state index in [1.165, 1.54) is 10.7 Å². The Bertz CT molecular complexity index is 1140. The van der Waals surface area contributed by atoms with Gasteiger partial charge in [-0.2, -0.15) is 18.3 Å². The van der Waals surface area contributed by atoms with Crippen molar-refractivity contribution in [2.45, 2.75) is 50.9 Å². The quantitative estimate of drug-likeness (QED) is 0.554. The van der Waals surface area contributed by atoms with Gasteiger partial charge in [0.25, 0.3) is 5.91 Å². The van der Waals surface area contributed by atoms with Crippen LogP contribution in [0.4, 0.5) is 13.2 Å². The molecule has 3 aromatic heterocycles. The minimum atomic E-state index is -4.37. The number of pyridine rings is 1. The first kappa shape index (κ1) is 21.7. The normalized spacial score (nSPS) is 13.8. The molecule has 4 rings (SSSR count). The Labute approximate surface area is 181 Å². The predicted octanol–water partition coefficient (Wildman–Crippen LogP) is 2.89. The highest BCUT2D eigenvalue weighted by Gasteiger charge is 2.27. The molecule has 32 heavy (non-hydrogen) atoms. The summed E-state index contributed by atoms with van der Waals surface area (Å²) in [6.07, 6.45) is 0.924. The number of rotatable bonds is 8. The van der Waals surface area contributed by atoms with E-state index in [9.17, 15) is 22.8 Å². The molecule has 2 amide bonds.